The molecule has 0 N–H and O–H groups in total. The highest BCUT2D eigenvalue weighted by Gasteiger charge is 2.31. The SMILES string of the molecule is O=[N+]([O-])c1cc(S(=O)(=O)Cl)c(C(F)F)c(Br)n1. The Kier molecular flexibility index (Phi) is 3.99. The predicted molar refractivity (Wildman–Crippen MR) is 56.6 cm³/mol. The van der Waals surface area contributed by atoms with E-state index in [0.717, 1.165) is 0 Å². The van der Waals surface area contributed by atoms with Gasteiger partial charge in [-0.2, -0.15) is 0 Å². The molecule has 17 heavy (non-hydrogen) atoms. The maximum atomic E-state index is 12.6. The van der Waals surface area contributed by atoms with Gasteiger partial charge in [-0.3, -0.25) is 0 Å². The van der Waals surface area contributed by atoms with Crippen LogP contribution in [0.5, 0.6) is 0 Å². The van der Waals surface area contributed by atoms with E-state index < -0.39 is 41.3 Å². The Labute approximate surface area is 106 Å². The first-order valence-electron chi connectivity index (χ1n) is 3.72. The molecule has 0 aliphatic rings. The van der Waals surface area contributed by atoms with E-state index in [1.54, 1.807) is 0 Å². The second kappa shape index (κ2) is 4.78. The van der Waals surface area contributed by atoms with Gasteiger partial charge in [-0.05, 0) is 9.91 Å². The topological polar surface area (TPSA) is 90.2 Å². The Bertz CT molecular complexity index is 580. The summed E-state index contributed by atoms with van der Waals surface area (Å²) in [6.45, 7) is 0. The van der Waals surface area contributed by atoms with Crippen LogP contribution in [-0.2, 0) is 9.05 Å². The van der Waals surface area contributed by atoms with Crippen LogP contribution in [0.1, 0.15) is 12.0 Å². The minimum absolute atomic E-state index is 0.384. The van der Waals surface area contributed by atoms with Crippen molar-refractivity contribution in [3.8, 4) is 0 Å². The molecule has 0 saturated heterocycles. The van der Waals surface area contributed by atoms with Crippen molar-refractivity contribution < 1.29 is 22.1 Å². The summed E-state index contributed by atoms with van der Waals surface area (Å²) in [6.07, 6.45) is -3.19. The molecule has 0 spiro atoms. The highest BCUT2D eigenvalue weighted by Crippen LogP contribution is 2.35. The number of rotatable bonds is 3. The molecule has 0 fully saturated rings. The van der Waals surface area contributed by atoms with Gasteiger partial charge in [0.25, 0.3) is 15.5 Å². The van der Waals surface area contributed by atoms with Gasteiger partial charge in [0, 0.05) is 26.6 Å². The molecule has 1 aromatic rings. The first-order valence-corrected chi connectivity index (χ1v) is 6.82. The largest absolute Gasteiger partial charge is 0.366 e. The zero-order chi connectivity index (χ0) is 13.4. The Balaban J connectivity index is 3.69. The Morgan fingerprint density at radius 2 is 2.06 bits per heavy atom. The number of pyridine rings is 1. The molecule has 1 rings (SSSR count). The molecular weight excluding hydrogens is 349 g/mol. The van der Waals surface area contributed by atoms with Gasteiger partial charge >= 0.3 is 5.82 Å². The average Bonchev–Trinajstić information content (AvgIpc) is 2.14. The lowest BCUT2D eigenvalue weighted by molar-refractivity contribution is -0.389. The number of nitrogens with zero attached hydrogens (tertiary/aromatic N) is 2. The number of alkyl halides is 2. The van der Waals surface area contributed by atoms with Crippen molar-refractivity contribution in [2.45, 2.75) is 11.3 Å². The van der Waals surface area contributed by atoms with Crippen molar-refractivity contribution in [3.05, 3.63) is 26.3 Å². The summed E-state index contributed by atoms with van der Waals surface area (Å²) >= 11 is 2.54. The summed E-state index contributed by atoms with van der Waals surface area (Å²) < 4.78 is 46.6. The molecule has 0 aliphatic heterocycles. The van der Waals surface area contributed by atoms with E-state index >= 15 is 0 Å². The maximum Gasteiger partial charge on any atom is 0.366 e. The fourth-order valence-electron chi connectivity index (χ4n) is 0.983. The third-order valence-electron chi connectivity index (χ3n) is 1.63. The van der Waals surface area contributed by atoms with Gasteiger partial charge in [0.1, 0.15) is 4.90 Å². The summed E-state index contributed by atoms with van der Waals surface area (Å²) in [7, 11) is 0.385. The zero-order valence-electron chi connectivity index (χ0n) is 7.60. The lowest BCUT2D eigenvalue weighted by Gasteiger charge is -2.05. The fourth-order valence-corrected chi connectivity index (χ4v) is 2.76. The van der Waals surface area contributed by atoms with Crippen LogP contribution in [0.4, 0.5) is 14.6 Å². The van der Waals surface area contributed by atoms with E-state index in [4.69, 9.17) is 10.7 Å². The highest BCUT2D eigenvalue weighted by molar-refractivity contribution is 9.10. The maximum absolute atomic E-state index is 12.6. The molecule has 0 aromatic carbocycles. The molecule has 94 valence electrons. The van der Waals surface area contributed by atoms with Crippen LogP contribution in [-0.4, -0.2) is 18.3 Å². The molecule has 0 amide bonds. The quantitative estimate of drug-likeness (QED) is 0.361. The van der Waals surface area contributed by atoms with E-state index in [1.807, 2.05) is 0 Å². The molecule has 6 nitrogen and oxygen atoms in total. The summed E-state index contributed by atoms with van der Waals surface area (Å²) in [6, 6.07) is 0.384. The van der Waals surface area contributed by atoms with E-state index in [2.05, 4.69) is 20.9 Å². The van der Waals surface area contributed by atoms with Crippen LogP contribution >= 0.6 is 26.6 Å². The van der Waals surface area contributed by atoms with Crippen LogP contribution in [0.25, 0.3) is 0 Å². The van der Waals surface area contributed by atoms with Crippen LogP contribution < -0.4 is 0 Å². The summed E-state index contributed by atoms with van der Waals surface area (Å²) in [5, 5.41) is 10.4. The second-order valence-electron chi connectivity index (χ2n) is 2.68. The monoisotopic (exact) mass is 350 g/mol. The van der Waals surface area contributed by atoms with Crippen molar-refractivity contribution >= 4 is 41.5 Å². The molecule has 0 atom stereocenters. The molecule has 1 aromatic heterocycles. The second-order valence-corrected chi connectivity index (χ2v) is 5.96. The normalized spacial score (nSPS) is 11.8. The molecule has 0 aliphatic carbocycles. The van der Waals surface area contributed by atoms with Gasteiger partial charge < -0.3 is 10.1 Å². The summed E-state index contributed by atoms with van der Waals surface area (Å²) in [5.41, 5.74) is -1.01. The third-order valence-corrected chi connectivity index (χ3v) is 3.59. The van der Waals surface area contributed by atoms with Gasteiger partial charge in [-0.1, -0.05) is 0 Å². The molecule has 0 unspecified atom stereocenters. The van der Waals surface area contributed by atoms with Crippen molar-refractivity contribution in [1.82, 2.24) is 4.98 Å². The van der Waals surface area contributed by atoms with E-state index in [-0.39, 0.29) is 0 Å². The number of halogens is 4. The standard InChI is InChI=1S/C6H2BrClF2N2O4S/c7-5-4(6(9)10)2(17(8,15)16)1-3(11-5)12(13)14/h1,6H. The van der Waals surface area contributed by atoms with Gasteiger partial charge in [0.15, 0.2) is 0 Å². The lowest BCUT2D eigenvalue weighted by Crippen LogP contribution is -2.04. The van der Waals surface area contributed by atoms with Crippen molar-refractivity contribution in [3.63, 3.8) is 0 Å². The first-order chi connectivity index (χ1) is 7.64. The minimum atomic E-state index is -4.54. The van der Waals surface area contributed by atoms with E-state index in [9.17, 15) is 27.3 Å². The van der Waals surface area contributed by atoms with Crippen LogP contribution in [0, 0.1) is 10.1 Å². The Morgan fingerprint density at radius 1 is 1.53 bits per heavy atom. The number of nitro groups is 1. The number of hydrogen-bond acceptors (Lipinski definition) is 5. The summed E-state index contributed by atoms with van der Waals surface area (Å²) in [4.78, 5) is 11.5. The third kappa shape index (κ3) is 3.07. The Hall–Kier alpha value is -0.870. The molecule has 0 saturated carbocycles. The zero-order valence-corrected chi connectivity index (χ0v) is 10.8. The first kappa shape index (κ1) is 14.2. The van der Waals surface area contributed by atoms with Crippen LogP contribution in [0.3, 0.4) is 0 Å². The molecule has 11 heteroatoms. The average molecular weight is 352 g/mol. The minimum Gasteiger partial charge on any atom is -0.358 e. The van der Waals surface area contributed by atoms with Gasteiger partial charge in [0.05, 0.1) is 11.6 Å². The molecular formula is C6H2BrClF2N2O4S. The highest BCUT2D eigenvalue weighted by atomic mass is 79.9. The number of hydrogen-bond donors (Lipinski definition) is 0. The fraction of sp³-hybridized carbons (Fsp3) is 0.167. The van der Waals surface area contributed by atoms with Crippen LogP contribution in [0.2, 0.25) is 0 Å². The van der Waals surface area contributed by atoms with Gasteiger partial charge in [0.2, 0.25) is 4.60 Å². The molecule has 0 radical (unpaired) electrons. The van der Waals surface area contributed by atoms with Crippen molar-refractivity contribution in [2.24, 2.45) is 0 Å². The van der Waals surface area contributed by atoms with Gasteiger partial charge in [-0.15, -0.1) is 0 Å². The number of aromatic nitrogens is 1. The van der Waals surface area contributed by atoms with E-state index in [0.29, 0.717) is 6.07 Å². The summed E-state index contributed by atoms with van der Waals surface area (Å²) in [5.74, 6) is -0.902. The van der Waals surface area contributed by atoms with Crippen molar-refractivity contribution in [2.75, 3.05) is 0 Å². The predicted octanol–water partition coefficient (Wildman–Crippen LogP) is 2.62. The van der Waals surface area contributed by atoms with Gasteiger partial charge in [-0.25, -0.2) is 17.2 Å². The van der Waals surface area contributed by atoms with E-state index in [1.165, 1.54) is 0 Å². The van der Waals surface area contributed by atoms with Crippen LogP contribution in [0.15, 0.2) is 15.6 Å². The smallest absolute Gasteiger partial charge is 0.358 e. The Morgan fingerprint density at radius 3 is 2.41 bits per heavy atom. The lowest BCUT2D eigenvalue weighted by atomic mass is 10.3. The van der Waals surface area contributed by atoms with Crippen molar-refractivity contribution in [1.29, 1.82) is 0 Å². The molecule has 1 heterocycles. The molecule has 0 bridgehead atoms.